The lowest BCUT2D eigenvalue weighted by Crippen LogP contribution is -2.18. The average Bonchev–Trinajstić information content (AvgIpc) is 2.46. The molecule has 1 rings (SSSR count). The number of benzene rings is 1. The lowest BCUT2D eigenvalue weighted by atomic mass is 10.1. The van der Waals surface area contributed by atoms with Crippen LogP contribution in [-0.2, 0) is 11.3 Å². The van der Waals surface area contributed by atoms with E-state index in [-0.39, 0.29) is 0 Å². The van der Waals surface area contributed by atoms with Crippen LogP contribution in [0.15, 0.2) is 29.2 Å². The summed E-state index contributed by atoms with van der Waals surface area (Å²) in [5, 5.41) is 3.36. The highest BCUT2D eigenvalue weighted by atomic mass is 32.2. The van der Waals surface area contributed by atoms with Gasteiger partial charge in [0.2, 0.25) is 0 Å². The number of nitrogens with one attached hydrogen (secondary N) is 1. The molecule has 1 aromatic rings. The van der Waals surface area contributed by atoms with Crippen LogP contribution in [0, 0.1) is 5.92 Å². The van der Waals surface area contributed by atoms with Gasteiger partial charge in [-0.15, -0.1) is 11.8 Å². The van der Waals surface area contributed by atoms with Gasteiger partial charge in [0.05, 0.1) is 6.61 Å². The van der Waals surface area contributed by atoms with Gasteiger partial charge in [0.15, 0.2) is 0 Å². The second-order valence-electron chi connectivity index (χ2n) is 4.81. The second kappa shape index (κ2) is 10.3. The molecule has 1 N–H and O–H groups in total. The predicted octanol–water partition coefficient (Wildman–Crippen LogP) is 3.95. The monoisotopic (exact) mass is 281 g/mol. The van der Waals surface area contributed by atoms with Gasteiger partial charge in [0.1, 0.15) is 0 Å². The fourth-order valence-electron chi connectivity index (χ4n) is 1.85. The largest absolute Gasteiger partial charge is 0.383 e. The van der Waals surface area contributed by atoms with Gasteiger partial charge < -0.3 is 10.1 Å². The number of hydrogen-bond donors (Lipinski definition) is 1. The molecular weight excluding hydrogens is 254 g/mol. The van der Waals surface area contributed by atoms with Crippen LogP contribution in [0.3, 0.4) is 0 Å². The van der Waals surface area contributed by atoms with Crippen molar-refractivity contribution in [2.45, 2.75) is 38.1 Å². The van der Waals surface area contributed by atoms with Crippen LogP contribution in [-0.4, -0.2) is 26.0 Å². The molecule has 0 fully saturated rings. The van der Waals surface area contributed by atoms with Gasteiger partial charge >= 0.3 is 0 Å². The Morgan fingerprint density at radius 2 is 1.84 bits per heavy atom. The van der Waals surface area contributed by atoms with E-state index in [4.69, 9.17) is 4.74 Å². The van der Waals surface area contributed by atoms with Crippen molar-refractivity contribution in [3.8, 4) is 0 Å². The second-order valence-corrected chi connectivity index (χ2v) is 5.90. The van der Waals surface area contributed by atoms with E-state index in [2.05, 4.69) is 43.4 Å². The molecule has 0 amide bonds. The minimum atomic E-state index is 0.767. The molecule has 0 aromatic heterocycles. The summed E-state index contributed by atoms with van der Waals surface area (Å²) in [4.78, 5) is 1.38. The standard InChI is InChI=1S/C16H27NOS/c1-4-14(5-2)13-19-16-8-6-15(7-9-16)12-17-10-11-18-3/h6-9,14,17H,4-5,10-13H2,1-3H3. The Morgan fingerprint density at radius 3 is 2.42 bits per heavy atom. The highest BCUT2D eigenvalue weighted by molar-refractivity contribution is 7.99. The lowest BCUT2D eigenvalue weighted by Gasteiger charge is -2.11. The van der Waals surface area contributed by atoms with Crippen molar-refractivity contribution in [2.75, 3.05) is 26.0 Å². The van der Waals surface area contributed by atoms with E-state index in [1.807, 2.05) is 11.8 Å². The summed E-state index contributed by atoms with van der Waals surface area (Å²) in [7, 11) is 1.73. The van der Waals surface area contributed by atoms with Gasteiger partial charge in [-0.25, -0.2) is 0 Å². The fraction of sp³-hybridized carbons (Fsp3) is 0.625. The first-order valence-corrected chi connectivity index (χ1v) is 8.20. The smallest absolute Gasteiger partial charge is 0.0587 e. The Morgan fingerprint density at radius 1 is 1.16 bits per heavy atom. The third-order valence-corrected chi connectivity index (χ3v) is 4.62. The summed E-state index contributed by atoms with van der Waals surface area (Å²) in [6.07, 6.45) is 2.57. The third kappa shape index (κ3) is 7.00. The maximum atomic E-state index is 5.01. The first-order valence-electron chi connectivity index (χ1n) is 7.21. The van der Waals surface area contributed by atoms with E-state index >= 15 is 0 Å². The number of methoxy groups -OCH3 is 1. The Balaban J connectivity index is 2.30. The van der Waals surface area contributed by atoms with Gasteiger partial charge in [0.25, 0.3) is 0 Å². The van der Waals surface area contributed by atoms with Crippen LogP contribution in [0.1, 0.15) is 32.3 Å². The highest BCUT2D eigenvalue weighted by Gasteiger charge is 2.04. The zero-order valence-corrected chi connectivity index (χ0v) is 13.3. The maximum Gasteiger partial charge on any atom is 0.0587 e. The Bertz CT molecular complexity index is 322. The summed E-state index contributed by atoms with van der Waals surface area (Å²) in [6, 6.07) is 8.91. The summed E-state index contributed by atoms with van der Waals surface area (Å²) >= 11 is 1.98. The van der Waals surface area contributed by atoms with E-state index < -0.39 is 0 Å². The molecule has 0 saturated heterocycles. The topological polar surface area (TPSA) is 21.3 Å². The fourth-order valence-corrected chi connectivity index (χ4v) is 3.08. The molecule has 0 aliphatic carbocycles. The maximum absolute atomic E-state index is 5.01. The summed E-state index contributed by atoms with van der Waals surface area (Å²) in [6.45, 7) is 7.15. The van der Waals surface area contributed by atoms with E-state index in [0.29, 0.717) is 0 Å². The summed E-state index contributed by atoms with van der Waals surface area (Å²) in [5.74, 6) is 2.08. The average molecular weight is 281 g/mol. The molecule has 0 spiro atoms. The number of hydrogen-bond acceptors (Lipinski definition) is 3. The van der Waals surface area contributed by atoms with Crippen molar-refractivity contribution >= 4 is 11.8 Å². The molecule has 0 aliphatic rings. The third-order valence-electron chi connectivity index (χ3n) is 3.38. The van der Waals surface area contributed by atoms with Gasteiger partial charge in [-0.1, -0.05) is 38.8 Å². The van der Waals surface area contributed by atoms with Crippen LogP contribution in [0.4, 0.5) is 0 Å². The Hall–Kier alpha value is -0.510. The zero-order valence-electron chi connectivity index (χ0n) is 12.4. The first-order chi connectivity index (χ1) is 9.30. The molecule has 1 aromatic carbocycles. The molecular formula is C16H27NOS. The summed E-state index contributed by atoms with van der Waals surface area (Å²) in [5.41, 5.74) is 1.34. The molecule has 0 saturated carbocycles. The van der Waals surface area contributed by atoms with Crippen molar-refractivity contribution in [3.63, 3.8) is 0 Å². The van der Waals surface area contributed by atoms with Gasteiger partial charge in [-0.2, -0.15) is 0 Å². The molecule has 0 atom stereocenters. The Kier molecular flexibility index (Phi) is 8.97. The highest BCUT2D eigenvalue weighted by Crippen LogP contribution is 2.23. The number of thioether (sulfide) groups is 1. The number of ether oxygens (including phenoxy) is 1. The molecule has 108 valence electrons. The van der Waals surface area contributed by atoms with Crippen LogP contribution < -0.4 is 5.32 Å². The van der Waals surface area contributed by atoms with Gasteiger partial charge in [-0.3, -0.25) is 0 Å². The molecule has 0 aliphatic heterocycles. The van der Waals surface area contributed by atoms with E-state index in [0.717, 1.165) is 25.6 Å². The van der Waals surface area contributed by atoms with Crippen molar-refractivity contribution in [3.05, 3.63) is 29.8 Å². The molecule has 3 heteroatoms. The van der Waals surface area contributed by atoms with E-state index in [1.54, 1.807) is 7.11 Å². The van der Waals surface area contributed by atoms with Crippen LogP contribution >= 0.6 is 11.8 Å². The molecule has 0 bridgehead atoms. The van der Waals surface area contributed by atoms with E-state index in [1.165, 1.54) is 29.1 Å². The number of rotatable bonds is 10. The van der Waals surface area contributed by atoms with Crippen molar-refractivity contribution in [1.82, 2.24) is 5.32 Å². The SMILES string of the molecule is CCC(CC)CSc1ccc(CNCCOC)cc1. The minimum absolute atomic E-state index is 0.767. The lowest BCUT2D eigenvalue weighted by molar-refractivity contribution is 0.199. The normalized spacial score (nSPS) is 11.2. The van der Waals surface area contributed by atoms with Gasteiger partial charge in [0, 0.05) is 30.8 Å². The van der Waals surface area contributed by atoms with Crippen LogP contribution in [0.25, 0.3) is 0 Å². The predicted molar refractivity (Wildman–Crippen MR) is 84.8 cm³/mol. The van der Waals surface area contributed by atoms with Crippen LogP contribution in [0.2, 0.25) is 0 Å². The first kappa shape index (κ1) is 16.5. The molecule has 19 heavy (non-hydrogen) atoms. The van der Waals surface area contributed by atoms with Crippen LogP contribution in [0.5, 0.6) is 0 Å². The van der Waals surface area contributed by atoms with E-state index in [9.17, 15) is 0 Å². The molecule has 2 nitrogen and oxygen atoms in total. The molecule has 0 radical (unpaired) electrons. The molecule has 0 heterocycles. The minimum Gasteiger partial charge on any atom is -0.383 e. The van der Waals surface area contributed by atoms with Gasteiger partial charge in [-0.05, 0) is 23.6 Å². The Labute approximate surface area is 122 Å². The van der Waals surface area contributed by atoms with Crippen molar-refractivity contribution in [1.29, 1.82) is 0 Å². The molecule has 0 unspecified atom stereocenters. The van der Waals surface area contributed by atoms with Crippen molar-refractivity contribution < 1.29 is 4.74 Å². The zero-order chi connectivity index (χ0) is 13.9. The van der Waals surface area contributed by atoms with Crippen molar-refractivity contribution in [2.24, 2.45) is 5.92 Å². The quantitative estimate of drug-likeness (QED) is 0.518. The summed E-state index contributed by atoms with van der Waals surface area (Å²) < 4.78 is 5.01.